The molecule has 2 amide bonds. The number of imidazole rings is 1. The summed E-state index contributed by atoms with van der Waals surface area (Å²) in [7, 11) is 1.88. The van der Waals surface area contributed by atoms with Gasteiger partial charge in [0.1, 0.15) is 17.5 Å². The van der Waals surface area contributed by atoms with E-state index in [9.17, 15) is 9.59 Å². The second-order valence-corrected chi connectivity index (χ2v) is 10.0. The zero-order valence-electron chi connectivity index (χ0n) is 20.1. The van der Waals surface area contributed by atoms with Crippen molar-refractivity contribution < 1.29 is 14.3 Å². The minimum absolute atomic E-state index is 0.00314. The SMILES string of the molecule is Cc1nc(C(=O)NC2CC3(C2)CC(Oc2ncccc2C(N)=O)C3)c2ccc(-c3cnn(C)c3)cn12. The molecule has 0 unspecified atom stereocenters. The van der Waals surface area contributed by atoms with Gasteiger partial charge < -0.3 is 20.2 Å². The van der Waals surface area contributed by atoms with Crippen molar-refractivity contribution in [2.24, 2.45) is 18.2 Å². The molecule has 4 aromatic rings. The van der Waals surface area contributed by atoms with Crippen LogP contribution in [0.25, 0.3) is 16.6 Å². The van der Waals surface area contributed by atoms with Gasteiger partial charge in [-0.1, -0.05) is 6.07 Å². The van der Waals surface area contributed by atoms with Crippen LogP contribution in [0.4, 0.5) is 0 Å². The van der Waals surface area contributed by atoms with E-state index in [4.69, 9.17) is 10.5 Å². The lowest BCUT2D eigenvalue weighted by atomic mass is 9.53. The molecule has 0 atom stereocenters. The molecular weight excluding hydrogens is 458 g/mol. The highest BCUT2D eigenvalue weighted by molar-refractivity contribution is 5.99. The minimum atomic E-state index is -0.547. The van der Waals surface area contributed by atoms with Crippen molar-refractivity contribution in [3.05, 3.63) is 66.1 Å². The van der Waals surface area contributed by atoms with Gasteiger partial charge in [0.05, 0.1) is 11.7 Å². The highest BCUT2D eigenvalue weighted by Gasteiger charge is 2.54. The van der Waals surface area contributed by atoms with E-state index in [-0.39, 0.29) is 23.5 Å². The van der Waals surface area contributed by atoms with E-state index in [0.717, 1.165) is 48.2 Å². The Hall–Kier alpha value is -4.21. The first-order valence-electron chi connectivity index (χ1n) is 12.0. The molecule has 1 spiro atoms. The summed E-state index contributed by atoms with van der Waals surface area (Å²) in [6, 6.07) is 7.32. The summed E-state index contributed by atoms with van der Waals surface area (Å²) >= 11 is 0. The third-order valence-corrected chi connectivity index (χ3v) is 7.40. The molecule has 4 aromatic heterocycles. The molecule has 2 aliphatic rings. The molecule has 0 aromatic carbocycles. The average molecular weight is 486 g/mol. The lowest BCUT2D eigenvalue weighted by Crippen LogP contribution is -2.58. The van der Waals surface area contributed by atoms with Crippen LogP contribution in [-0.2, 0) is 7.05 Å². The maximum Gasteiger partial charge on any atom is 0.272 e. The van der Waals surface area contributed by atoms with Gasteiger partial charge in [0, 0.05) is 42.8 Å². The largest absolute Gasteiger partial charge is 0.474 e. The Kier molecular flexibility index (Phi) is 5.06. The van der Waals surface area contributed by atoms with Gasteiger partial charge in [-0.25, -0.2) is 9.97 Å². The highest BCUT2D eigenvalue weighted by atomic mass is 16.5. The number of nitrogens with zero attached hydrogens (tertiary/aromatic N) is 5. The molecule has 3 N–H and O–H groups in total. The maximum absolute atomic E-state index is 13.1. The molecule has 6 rings (SSSR count). The van der Waals surface area contributed by atoms with Crippen molar-refractivity contribution in [1.29, 1.82) is 0 Å². The van der Waals surface area contributed by atoms with E-state index in [0.29, 0.717) is 17.1 Å². The number of carbonyl (C=O) groups is 2. The molecule has 36 heavy (non-hydrogen) atoms. The van der Waals surface area contributed by atoms with E-state index in [1.807, 2.05) is 49.1 Å². The van der Waals surface area contributed by atoms with Crippen molar-refractivity contribution in [2.45, 2.75) is 44.8 Å². The number of nitrogens with one attached hydrogen (secondary N) is 1. The molecule has 2 saturated carbocycles. The predicted molar refractivity (Wildman–Crippen MR) is 131 cm³/mol. The fourth-order valence-electron chi connectivity index (χ4n) is 5.64. The summed E-state index contributed by atoms with van der Waals surface area (Å²) in [5.41, 5.74) is 9.13. The second-order valence-electron chi connectivity index (χ2n) is 10.0. The van der Waals surface area contributed by atoms with Gasteiger partial charge in [-0.2, -0.15) is 5.10 Å². The monoisotopic (exact) mass is 485 g/mol. The van der Waals surface area contributed by atoms with Crippen LogP contribution in [0.5, 0.6) is 5.88 Å². The summed E-state index contributed by atoms with van der Waals surface area (Å²) in [6.07, 6.45) is 10.9. The molecule has 10 nitrogen and oxygen atoms in total. The average Bonchev–Trinajstić information content (AvgIpc) is 3.39. The van der Waals surface area contributed by atoms with Gasteiger partial charge in [-0.15, -0.1) is 0 Å². The molecule has 2 aliphatic carbocycles. The zero-order valence-corrected chi connectivity index (χ0v) is 20.1. The van der Waals surface area contributed by atoms with Crippen molar-refractivity contribution in [2.75, 3.05) is 0 Å². The summed E-state index contributed by atoms with van der Waals surface area (Å²) in [6.45, 7) is 1.90. The van der Waals surface area contributed by atoms with Gasteiger partial charge in [0.25, 0.3) is 11.8 Å². The topological polar surface area (TPSA) is 129 Å². The van der Waals surface area contributed by atoms with Crippen LogP contribution in [0, 0.1) is 12.3 Å². The number of primary amides is 1. The van der Waals surface area contributed by atoms with Crippen LogP contribution in [0.3, 0.4) is 0 Å². The lowest BCUT2D eigenvalue weighted by Gasteiger charge is -2.57. The quantitative estimate of drug-likeness (QED) is 0.432. The highest BCUT2D eigenvalue weighted by Crippen LogP contribution is 2.56. The van der Waals surface area contributed by atoms with Crippen molar-refractivity contribution in [1.82, 2.24) is 29.5 Å². The number of pyridine rings is 2. The Morgan fingerprint density at radius 3 is 2.67 bits per heavy atom. The molecule has 0 radical (unpaired) electrons. The number of nitrogens with two attached hydrogens (primary N) is 1. The van der Waals surface area contributed by atoms with Gasteiger partial charge >= 0.3 is 0 Å². The predicted octanol–water partition coefficient (Wildman–Crippen LogP) is 2.66. The lowest BCUT2D eigenvalue weighted by molar-refractivity contribution is -0.0848. The Morgan fingerprint density at radius 1 is 1.14 bits per heavy atom. The number of ether oxygens (including phenoxy) is 1. The van der Waals surface area contributed by atoms with E-state index in [1.165, 1.54) is 0 Å². The number of fused-ring (bicyclic) bond motifs is 1. The third-order valence-electron chi connectivity index (χ3n) is 7.40. The van der Waals surface area contributed by atoms with Crippen LogP contribution in [0.1, 0.15) is 52.4 Å². The van der Waals surface area contributed by atoms with Crippen LogP contribution in [-0.4, -0.2) is 48.1 Å². The molecule has 2 fully saturated rings. The number of hydrogen-bond donors (Lipinski definition) is 2. The van der Waals surface area contributed by atoms with Crippen LogP contribution in [0.2, 0.25) is 0 Å². The van der Waals surface area contributed by atoms with Gasteiger partial charge in [-0.3, -0.25) is 14.3 Å². The second kappa shape index (κ2) is 8.18. The molecule has 0 bridgehead atoms. The number of hydrogen-bond acceptors (Lipinski definition) is 6. The molecule has 0 aliphatic heterocycles. The number of aromatic nitrogens is 5. The standard InChI is InChI=1S/C26H27N7O3/c1-15-30-22(21-6-5-16(14-33(15)21)17-12-29-32(2)13-17)24(35)31-18-8-26(9-18)10-19(11-26)36-25-20(23(27)34)4-3-7-28-25/h3-7,12-14,18-19H,8-11H2,1-2H3,(H2,27,34)(H,31,35). The third kappa shape index (κ3) is 3.78. The van der Waals surface area contributed by atoms with Gasteiger partial charge in [-0.05, 0) is 56.2 Å². The van der Waals surface area contributed by atoms with Gasteiger partial charge in [0.2, 0.25) is 5.88 Å². The first-order valence-corrected chi connectivity index (χ1v) is 12.0. The Morgan fingerprint density at radius 2 is 1.94 bits per heavy atom. The fraction of sp³-hybridized carbons (Fsp3) is 0.346. The van der Waals surface area contributed by atoms with Crippen molar-refractivity contribution in [3.8, 4) is 17.0 Å². The number of rotatable bonds is 6. The Balaban J connectivity index is 1.07. The first-order chi connectivity index (χ1) is 17.3. The summed E-state index contributed by atoms with van der Waals surface area (Å²) in [4.78, 5) is 33.4. The minimum Gasteiger partial charge on any atom is -0.474 e. The number of amides is 2. The van der Waals surface area contributed by atoms with E-state index in [1.54, 1.807) is 23.0 Å². The number of carbonyl (C=O) groups excluding carboxylic acids is 2. The van der Waals surface area contributed by atoms with Crippen molar-refractivity contribution >= 4 is 17.3 Å². The Labute approximate surface area is 207 Å². The zero-order chi connectivity index (χ0) is 25.0. The molecule has 10 heteroatoms. The normalized spacial score (nSPS) is 22.7. The summed E-state index contributed by atoms with van der Waals surface area (Å²) < 4.78 is 9.65. The van der Waals surface area contributed by atoms with Crippen LogP contribution < -0.4 is 15.8 Å². The smallest absolute Gasteiger partial charge is 0.272 e. The summed E-state index contributed by atoms with van der Waals surface area (Å²) in [5, 5.41) is 7.39. The summed E-state index contributed by atoms with van der Waals surface area (Å²) in [5.74, 6) is 0.354. The van der Waals surface area contributed by atoms with Crippen LogP contribution >= 0.6 is 0 Å². The maximum atomic E-state index is 13.1. The van der Waals surface area contributed by atoms with Crippen LogP contribution in [0.15, 0.2) is 49.1 Å². The number of aryl methyl sites for hydroxylation is 2. The molecule has 4 heterocycles. The van der Waals surface area contributed by atoms with Gasteiger partial charge in [0.15, 0.2) is 5.69 Å². The van der Waals surface area contributed by atoms with Crippen molar-refractivity contribution in [3.63, 3.8) is 0 Å². The molecular formula is C26H27N7O3. The fourth-order valence-corrected chi connectivity index (χ4v) is 5.64. The first kappa shape index (κ1) is 22.3. The Bertz CT molecular complexity index is 1490. The molecule has 184 valence electrons. The van der Waals surface area contributed by atoms with E-state index in [2.05, 4.69) is 20.4 Å². The van der Waals surface area contributed by atoms with E-state index < -0.39 is 5.91 Å². The van der Waals surface area contributed by atoms with E-state index >= 15 is 0 Å². The molecule has 0 saturated heterocycles.